The molecule has 0 radical (unpaired) electrons. The van der Waals surface area contributed by atoms with Crippen molar-refractivity contribution in [2.24, 2.45) is 0 Å². The van der Waals surface area contributed by atoms with Gasteiger partial charge in [-0.3, -0.25) is 0 Å². The van der Waals surface area contributed by atoms with Crippen LogP contribution in [0.15, 0.2) is 0 Å². The van der Waals surface area contributed by atoms with Gasteiger partial charge in [-0.1, -0.05) is 0 Å². The van der Waals surface area contributed by atoms with Crippen LogP contribution in [0.3, 0.4) is 0 Å². The van der Waals surface area contributed by atoms with Gasteiger partial charge in [0.1, 0.15) is 5.69 Å². The second kappa shape index (κ2) is 3.14. The van der Waals surface area contributed by atoms with E-state index in [4.69, 9.17) is 9.84 Å². The first-order valence-electron chi connectivity index (χ1n) is 4.00. The number of nitrogens with zero attached hydrogens (tertiary/aromatic N) is 2. The Bertz CT molecular complexity index is 317. The first kappa shape index (κ1) is 8.18. The van der Waals surface area contributed by atoms with E-state index in [9.17, 15) is 4.79 Å². The van der Waals surface area contributed by atoms with E-state index in [-0.39, 0.29) is 11.6 Å². The molecule has 0 spiro atoms. The van der Waals surface area contributed by atoms with E-state index in [1.54, 1.807) is 0 Å². The molecule has 0 saturated carbocycles. The lowest BCUT2D eigenvalue weighted by molar-refractivity contribution is 0.0688. The number of carboxylic acid groups (broad SMARTS) is 1. The van der Waals surface area contributed by atoms with Gasteiger partial charge in [-0.25, -0.2) is 4.79 Å². The maximum absolute atomic E-state index is 10.7. The van der Waals surface area contributed by atoms with Gasteiger partial charge in [-0.15, -0.1) is 5.10 Å². The topological polar surface area (TPSA) is 88.1 Å². The van der Waals surface area contributed by atoms with Gasteiger partial charge in [-0.05, 0) is 6.42 Å². The summed E-state index contributed by atoms with van der Waals surface area (Å²) in [6.45, 7) is 1.20. The fourth-order valence-electron chi connectivity index (χ4n) is 1.43. The number of aromatic nitrogens is 3. The van der Waals surface area contributed by atoms with Crippen LogP contribution in [0, 0.1) is 0 Å². The van der Waals surface area contributed by atoms with Crippen LogP contribution in [-0.2, 0) is 4.74 Å². The molecule has 1 aromatic heterocycles. The molecule has 1 atom stereocenters. The normalized spacial score (nSPS) is 22.0. The number of ether oxygens (including phenoxy) is 1. The summed E-state index contributed by atoms with van der Waals surface area (Å²) < 4.78 is 5.14. The maximum Gasteiger partial charge on any atom is 0.358 e. The zero-order valence-corrected chi connectivity index (χ0v) is 6.86. The van der Waals surface area contributed by atoms with Crippen LogP contribution in [0.4, 0.5) is 0 Å². The molecule has 6 heteroatoms. The quantitative estimate of drug-likeness (QED) is 0.674. The lowest BCUT2D eigenvalue weighted by Gasteiger charge is -2.02. The zero-order chi connectivity index (χ0) is 9.26. The van der Waals surface area contributed by atoms with E-state index in [2.05, 4.69) is 15.4 Å². The largest absolute Gasteiger partial charge is 0.476 e. The molecule has 0 amide bonds. The number of aromatic carboxylic acids is 1. The van der Waals surface area contributed by atoms with Crippen molar-refractivity contribution in [3.05, 3.63) is 11.4 Å². The molecule has 13 heavy (non-hydrogen) atoms. The molecule has 0 aromatic carbocycles. The summed E-state index contributed by atoms with van der Waals surface area (Å²) in [4.78, 5) is 10.7. The number of nitrogens with one attached hydrogen (secondary N) is 1. The molecule has 70 valence electrons. The Morgan fingerprint density at radius 1 is 1.62 bits per heavy atom. The van der Waals surface area contributed by atoms with Crippen molar-refractivity contribution in [1.29, 1.82) is 0 Å². The molecule has 1 aliphatic heterocycles. The van der Waals surface area contributed by atoms with Gasteiger partial charge in [0, 0.05) is 12.5 Å². The minimum atomic E-state index is -1.05. The molecule has 1 aromatic rings. The highest BCUT2D eigenvalue weighted by Crippen LogP contribution is 2.24. The van der Waals surface area contributed by atoms with E-state index >= 15 is 0 Å². The van der Waals surface area contributed by atoms with Crippen LogP contribution in [0.5, 0.6) is 0 Å². The van der Waals surface area contributed by atoms with Crippen LogP contribution in [0.25, 0.3) is 0 Å². The minimum Gasteiger partial charge on any atom is -0.476 e. The number of rotatable bonds is 2. The lowest BCUT2D eigenvalue weighted by atomic mass is 10.0. The summed E-state index contributed by atoms with van der Waals surface area (Å²) in [6.07, 6.45) is 0.812. The molecule has 0 bridgehead atoms. The predicted molar refractivity (Wildman–Crippen MR) is 41.5 cm³/mol. The highest BCUT2D eigenvalue weighted by Gasteiger charge is 2.26. The monoisotopic (exact) mass is 183 g/mol. The van der Waals surface area contributed by atoms with E-state index < -0.39 is 5.97 Å². The summed E-state index contributed by atoms with van der Waals surface area (Å²) in [7, 11) is 0. The highest BCUT2D eigenvalue weighted by atomic mass is 16.5. The molecule has 6 nitrogen and oxygen atoms in total. The summed E-state index contributed by atoms with van der Waals surface area (Å²) in [5, 5.41) is 18.5. The van der Waals surface area contributed by atoms with Gasteiger partial charge in [-0.2, -0.15) is 10.3 Å². The number of hydrogen-bond acceptors (Lipinski definition) is 4. The average Bonchev–Trinajstić information content (AvgIpc) is 2.74. The maximum atomic E-state index is 10.7. The number of aromatic amines is 1. The van der Waals surface area contributed by atoms with E-state index in [1.165, 1.54) is 0 Å². The fourth-order valence-corrected chi connectivity index (χ4v) is 1.43. The van der Waals surface area contributed by atoms with Gasteiger partial charge in [0.25, 0.3) is 0 Å². The molecule has 1 fully saturated rings. The molecular weight excluding hydrogens is 174 g/mol. The van der Waals surface area contributed by atoms with Gasteiger partial charge >= 0.3 is 5.97 Å². The lowest BCUT2D eigenvalue weighted by Crippen LogP contribution is -2.07. The third kappa shape index (κ3) is 1.40. The van der Waals surface area contributed by atoms with Gasteiger partial charge in [0.2, 0.25) is 0 Å². The van der Waals surface area contributed by atoms with Crippen LogP contribution in [-0.4, -0.2) is 39.7 Å². The van der Waals surface area contributed by atoms with Crippen molar-refractivity contribution < 1.29 is 14.6 Å². The van der Waals surface area contributed by atoms with Crippen molar-refractivity contribution in [2.45, 2.75) is 12.3 Å². The number of hydrogen-bond donors (Lipinski definition) is 2. The summed E-state index contributed by atoms with van der Waals surface area (Å²) in [6, 6.07) is 0. The number of H-pyrrole nitrogens is 1. The molecular formula is C7H9N3O3. The van der Waals surface area contributed by atoms with Crippen LogP contribution < -0.4 is 0 Å². The summed E-state index contributed by atoms with van der Waals surface area (Å²) >= 11 is 0. The summed E-state index contributed by atoms with van der Waals surface area (Å²) in [5.41, 5.74) is 0.514. The Labute approximate surface area is 73.9 Å². The highest BCUT2D eigenvalue weighted by molar-refractivity contribution is 5.86. The molecule has 0 aliphatic carbocycles. The predicted octanol–water partition coefficient (Wildman–Crippen LogP) is 0.00680. The second-order valence-electron chi connectivity index (χ2n) is 2.92. The van der Waals surface area contributed by atoms with Crippen molar-refractivity contribution in [2.75, 3.05) is 13.2 Å². The molecule has 1 aliphatic rings. The third-order valence-electron chi connectivity index (χ3n) is 2.09. The number of carboxylic acids is 1. The molecule has 2 N–H and O–H groups in total. The SMILES string of the molecule is O=C(O)c1n[nH]nc1C1CCOC1. The first-order chi connectivity index (χ1) is 6.29. The Hall–Kier alpha value is -1.43. The second-order valence-corrected chi connectivity index (χ2v) is 2.92. The van der Waals surface area contributed by atoms with Crippen molar-refractivity contribution in [3.8, 4) is 0 Å². The Morgan fingerprint density at radius 3 is 3.08 bits per heavy atom. The van der Waals surface area contributed by atoms with Gasteiger partial charge in [0.15, 0.2) is 5.69 Å². The van der Waals surface area contributed by atoms with Crippen molar-refractivity contribution in [1.82, 2.24) is 15.4 Å². The Balaban J connectivity index is 2.28. The first-order valence-corrected chi connectivity index (χ1v) is 4.00. The van der Waals surface area contributed by atoms with Crippen LogP contribution in [0.2, 0.25) is 0 Å². The van der Waals surface area contributed by atoms with Crippen LogP contribution >= 0.6 is 0 Å². The number of carbonyl (C=O) groups is 1. The van der Waals surface area contributed by atoms with Crippen LogP contribution in [0.1, 0.15) is 28.5 Å². The molecule has 1 saturated heterocycles. The van der Waals surface area contributed by atoms with E-state index in [0.717, 1.165) is 6.42 Å². The molecule has 2 heterocycles. The van der Waals surface area contributed by atoms with E-state index in [1.807, 2.05) is 0 Å². The molecule has 2 rings (SSSR count). The standard InChI is InChI=1S/C7H9N3O3/c11-7(12)6-5(8-10-9-6)4-1-2-13-3-4/h4H,1-3H2,(H,11,12)(H,8,9,10). The average molecular weight is 183 g/mol. The third-order valence-corrected chi connectivity index (χ3v) is 2.09. The van der Waals surface area contributed by atoms with Gasteiger partial charge in [0.05, 0.1) is 6.61 Å². The smallest absolute Gasteiger partial charge is 0.358 e. The fraction of sp³-hybridized carbons (Fsp3) is 0.571. The Morgan fingerprint density at radius 2 is 2.46 bits per heavy atom. The van der Waals surface area contributed by atoms with Gasteiger partial charge < -0.3 is 9.84 Å². The van der Waals surface area contributed by atoms with Crippen molar-refractivity contribution >= 4 is 5.97 Å². The molecule has 1 unspecified atom stereocenters. The summed E-state index contributed by atoms with van der Waals surface area (Å²) in [5.74, 6) is -0.972. The Kier molecular flexibility index (Phi) is 1.97. The van der Waals surface area contributed by atoms with E-state index in [0.29, 0.717) is 18.9 Å². The zero-order valence-electron chi connectivity index (χ0n) is 6.86. The van der Waals surface area contributed by atoms with Crippen molar-refractivity contribution in [3.63, 3.8) is 0 Å². The minimum absolute atomic E-state index is 0.00972.